The van der Waals surface area contributed by atoms with Crippen LogP contribution in [0.4, 0.5) is 18.0 Å². The number of alkyl carbamates (subject to hydrolysis) is 1. The maximum atomic E-state index is 12.7. The first-order valence-electron chi connectivity index (χ1n) is 5.79. The van der Waals surface area contributed by atoms with E-state index in [1.54, 1.807) is 0 Å². The van der Waals surface area contributed by atoms with E-state index in [4.69, 9.17) is 0 Å². The van der Waals surface area contributed by atoms with Crippen LogP contribution in [-0.2, 0) is 14.3 Å². The Labute approximate surface area is 114 Å². The minimum atomic E-state index is -5.04. The van der Waals surface area contributed by atoms with Crippen LogP contribution < -0.4 is 5.32 Å². The zero-order chi connectivity index (χ0) is 16.1. The average Bonchev–Trinajstić information content (AvgIpc) is 2.21. The van der Waals surface area contributed by atoms with Crippen LogP contribution in [0.2, 0.25) is 0 Å². The van der Waals surface area contributed by atoms with Crippen molar-refractivity contribution < 1.29 is 37.3 Å². The molecule has 2 atom stereocenters. The monoisotopic (exact) mass is 301 g/mol. The van der Waals surface area contributed by atoms with E-state index in [1.165, 1.54) is 33.0 Å². The molecular weight excluding hydrogens is 283 g/mol. The van der Waals surface area contributed by atoms with Crippen molar-refractivity contribution in [1.29, 1.82) is 0 Å². The molecule has 0 bridgehead atoms. The fraction of sp³-hybridized carbons (Fsp3) is 0.818. The maximum Gasteiger partial charge on any atom is 0.411 e. The van der Waals surface area contributed by atoms with Crippen LogP contribution in [0.1, 0.15) is 27.7 Å². The second kappa shape index (κ2) is 6.78. The summed E-state index contributed by atoms with van der Waals surface area (Å²) < 4.78 is 47.1. The topological polar surface area (TPSA) is 84.9 Å². The number of halogens is 3. The van der Waals surface area contributed by atoms with E-state index in [0.717, 1.165) is 0 Å². The third kappa shape index (κ3) is 6.60. The van der Waals surface area contributed by atoms with Crippen molar-refractivity contribution in [2.24, 2.45) is 0 Å². The highest BCUT2D eigenvalue weighted by Gasteiger charge is 2.49. The third-order valence-electron chi connectivity index (χ3n) is 1.87. The Morgan fingerprint density at radius 2 is 1.75 bits per heavy atom. The molecule has 0 heterocycles. The molecule has 20 heavy (non-hydrogen) atoms. The number of carbonyl (C=O) groups is 2. The number of ether oxygens (including phenoxy) is 2. The summed E-state index contributed by atoms with van der Waals surface area (Å²) in [7, 11) is 0. The second-order valence-corrected chi connectivity index (χ2v) is 4.86. The Bertz CT molecular complexity index is 351. The van der Waals surface area contributed by atoms with Gasteiger partial charge in [-0.1, -0.05) is 0 Å². The number of hydrogen-bond acceptors (Lipinski definition) is 5. The van der Waals surface area contributed by atoms with Crippen molar-refractivity contribution in [2.45, 2.75) is 51.6 Å². The van der Waals surface area contributed by atoms with Gasteiger partial charge in [-0.05, 0) is 27.7 Å². The van der Waals surface area contributed by atoms with Gasteiger partial charge in [-0.25, -0.2) is 9.59 Å². The number of esters is 1. The number of nitrogens with one attached hydrogen (secondary N) is 1. The van der Waals surface area contributed by atoms with E-state index >= 15 is 0 Å². The largest absolute Gasteiger partial charge is 0.464 e. The molecule has 0 spiro atoms. The molecule has 1 amide bonds. The van der Waals surface area contributed by atoms with Gasteiger partial charge in [0.25, 0.3) is 0 Å². The first kappa shape index (κ1) is 18.5. The normalized spacial score (nSPS) is 15.2. The second-order valence-electron chi connectivity index (χ2n) is 4.86. The lowest BCUT2D eigenvalue weighted by atomic mass is 10.1. The predicted octanol–water partition coefficient (Wildman–Crippen LogP) is 1.37. The first-order valence-corrected chi connectivity index (χ1v) is 5.79. The number of alkyl halides is 3. The standard InChI is InChI=1S/C11H18F3NO5/c1-5-19-8(17)6(16)7(11(12,13)14)15-9(18)20-10(2,3)4/h6-7,16H,5H2,1-4H3,(H,15,18)/t6-,7+/m0/s1. The van der Waals surface area contributed by atoms with Crippen LogP contribution in [0.25, 0.3) is 0 Å². The Morgan fingerprint density at radius 1 is 1.25 bits per heavy atom. The molecule has 0 aliphatic carbocycles. The van der Waals surface area contributed by atoms with Crippen molar-refractivity contribution in [3.63, 3.8) is 0 Å². The van der Waals surface area contributed by atoms with Crippen LogP contribution in [0.15, 0.2) is 0 Å². The number of aliphatic hydroxyl groups excluding tert-OH is 1. The zero-order valence-electron chi connectivity index (χ0n) is 11.6. The number of rotatable bonds is 4. The van der Waals surface area contributed by atoms with Crippen molar-refractivity contribution in [3.05, 3.63) is 0 Å². The Morgan fingerprint density at radius 3 is 2.10 bits per heavy atom. The minimum Gasteiger partial charge on any atom is -0.464 e. The lowest BCUT2D eigenvalue weighted by molar-refractivity contribution is -0.191. The average molecular weight is 301 g/mol. The van der Waals surface area contributed by atoms with Gasteiger partial charge in [-0.15, -0.1) is 0 Å². The molecule has 0 aromatic carbocycles. The molecule has 0 aliphatic heterocycles. The Kier molecular flexibility index (Phi) is 6.27. The van der Waals surface area contributed by atoms with Crippen LogP contribution in [0.5, 0.6) is 0 Å². The van der Waals surface area contributed by atoms with Crippen molar-refractivity contribution in [1.82, 2.24) is 5.32 Å². The summed E-state index contributed by atoms with van der Waals surface area (Å²) in [4.78, 5) is 22.4. The summed E-state index contributed by atoms with van der Waals surface area (Å²) in [5, 5.41) is 10.7. The van der Waals surface area contributed by atoms with Gasteiger partial charge in [0.15, 0.2) is 12.1 Å². The molecule has 118 valence electrons. The molecule has 2 N–H and O–H groups in total. The quantitative estimate of drug-likeness (QED) is 0.766. The fourth-order valence-electron chi connectivity index (χ4n) is 1.14. The van der Waals surface area contributed by atoms with E-state index in [9.17, 15) is 27.9 Å². The van der Waals surface area contributed by atoms with Gasteiger partial charge in [-0.2, -0.15) is 13.2 Å². The van der Waals surface area contributed by atoms with E-state index in [-0.39, 0.29) is 6.61 Å². The number of amides is 1. The SMILES string of the molecule is CCOC(=O)[C@@H](O)[C@@H](NC(=O)OC(C)(C)C)C(F)(F)F. The van der Waals surface area contributed by atoms with Gasteiger partial charge in [0.1, 0.15) is 5.60 Å². The highest BCUT2D eigenvalue weighted by atomic mass is 19.4. The summed E-state index contributed by atoms with van der Waals surface area (Å²) in [5.74, 6) is -1.48. The highest BCUT2D eigenvalue weighted by molar-refractivity contribution is 5.77. The smallest absolute Gasteiger partial charge is 0.411 e. The van der Waals surface area contributed by atoms with Crippen molar-refractivity contribution >= 4 is 12.1 Å². The van der Waals surface area contributed by atoms with Gasteiger partial charge < -0.3 is 19.9 Å². The molecule has 0 aromatic heterocycles. The van der Waals surface area contributed by atoms with E-state index in [2.05, 4.69) is 9.47 Å². The molecule has 0 aromatic rings. The van der Waals surface area contributed by atoms with Crippen LogP contribution in [0.3, 0.4) is 0 Å². The molecule has 6 nitrogen and oxygen atoms in total. The highest BCUT2D eigenvalue weighted by Crippen LogP contribution is 2.23. The summed E-state index contributed by atoms with van der Waals surface area (Å²) in [6.45, 7) is 5.53. The first-order chi connectivity index (χ1) is 8.88. The van der Waals surface area contributed by atoms with Crippen molar-refractivity contribution in [3.8, 4) is 0 Å². The summed E-state index contributed by atoms with van der Waals surface area (Å²) in [5.41, 5.74) is -1.02. The molecule has 0 saturated heterocycles. The predicted molar refractivity (Wildman–Crippen MR) is 61.9 cm³/mol. The molecular formula is C11H18F3NO5. The van der Waals surface area contributed by atoms with E-state index < -0.39 is 36.0 Å². The molecule has 0 unspecified atom stereocenters. The van der Waals surface area contributed by atoms with Crippen LogP contribution in [-0.4, -0.2) is 47.7 Å². The molecule has 9 heteroatoms. The van der Waals surface area contributed by atoms with Gasteiger partial charge in [0, 0.05) is 0 Å². The van der Waals surface area contributed by atoms with Crippen molar-refractivity contribution in [2.75, 3.05) is 6.61 Å². The van der Waals surface area contributed by atoms with E-state index in [0.29, 0.717) is 0 Å². The van der Waals surface area contributed by atoms with Gasteiger partial charge >= 0.3 is 18.2 Å². The van der Waals surface area contributed by atoms with Crippen LogP contribution >= 0.6 is 0 Å². The number of carbonyl (C=O) groups excluding carboxylic acids is 2. The minimum absolute atomic E-state index is 0.201. The molecule has 0 saturated carbocycles. The Hall–Kier alpha value is -1.51. The summed E-state index contributed by atoms with van der Waals surface area (Å²) >= 11 is 0. The molecule has 0 radical (unpaired) electrons. The Balaban J connectivity index is 4.92. The maximum absolute atomic E-state index is 12.7. The van der Waals surface area contributed by atoms with Gasteiger partial charge in [-0.3, -0.25) is 0 Å². The molecule has 0 fully saturated rings. The number of aliphatic hydroxyl groups is 1. The van der Waals surface area contributed by atoms with Gasteiger partial charge in [0.05, 0.1) is 6.61 Å². The van der Waals surface area contributed by atoms with Crippen LogP contribution in [0, 0.1) is 0 Å². The summed E-state index contributed by atoms with van der Waals surface area (Å²) in [6, 6.07) is -2.81. The molecule has 0 aliphatic rings. The summed E-state index contributed by atoms with van der Waals surface area (Å²) in [6.07, 6.45) is -9.01. The van der Waals surface area contributed by atoms with E-state index in [1.807, 2.05) is 0 Å². The number of hydrogen-bond donors (Lipinski definition) is 2. The fourth-order valence-corrected chi connectivity index (χ4v) is 1.14. The third-order valence-corrected chi connectivity index (χ3v) is 1.87. The van der Waals surface area contributed by atoms with Gasteiger partial charge in [0.2, 0.25) is 0 Å². The lowest BCUT2D eigenvalue weighted by Crippen LogP contribution is -2.56. The molecule has 0 rings (SSSR count). The zero-order valence-corrected chi connectivity index (χ0v) is 11.6. The lowest BCUT2D eigenvalue weighted by Gasteiger charge is -2.27.